The van der Waals surface area contributed by atoms with Crippen LogP contribution in [0.2, 0.25) is 10.0 Å². The van der Waals surface area contributed by atoms with Crippen LogP contribution in [0, 0.1) is 0 Å². The maximum atomic E-state index is 12.4. The number of anilines is 1. The molecule has 1 N–H and O–H groups in total. The van der Waals surface area contributed by atoms with Crippen LogP contribution < -0.4 is 5.32 Å². The first-order valence-electron chi connectivity index (χ1n) is 7.46. The molecule has 0 aliphatic rings. The Morgan fingerprint density at radius 3 is 2.68 bits per heavy atom. The van der Waals surface area contributed by atoms with Gasteiger partial charge < -0.3 is 5.32 Å². The number of nitrogens with zero attached hydrogens (tertiary/aromatic N) is 1. The van der Waals surface area contributed by atoms with Gasteiger partial charge in [-0.2, -0.15) is 0 Å². The fourth-order valence-electron chi connectivity index (χ4n) is 2.12. The molecule has 0 radical (unpaired) electrons. The summed E-state index contributed by atoms with van der Waals surface area (Å²) in [7, 11) is 0. The van der Waals surface area contributed by atoms with Gasteiger partial charge in [0.15, 0.2) is 5.13 Å². The highest BCUT2D eigenvalue weighted by atomic mass is 35.5. The van der Waals surface area contributed by atoms with E-state index in [9.17, 15) is 4.79 Å². The minimum atomic E-state index is -0.228. The Morgan fingerprint density at radius 1 is 1.20 bits per heavy atom. The third-order valence-corrected chi connectivity index (χ3v) is 5.78. The van der Waals surface area contributed by atoms with Gasteiger partial charge in [0.2, 0.25) is 5.91 Å². The average molecular weight is 409 g/mol. The third kappa shape index (κ3) is 4.76. The van der Waals surface area contributed by atoms with Gasteiger partial charge in [-0.05, 0) is 37.3 Å². The molecule has 3 nitrogen and oxygen atoms in total. The summed E-state index contributed by atoms with van der Waals surface area (Å²) in [6.45, 7) is 1.87. The summed E-state index contributed by atoms with van der Waals surface area (Å²) in [5, 5.41) is 6.15. The second-order valence-electron chi connectivity index (χ2n) is 5.22. The molecular weight excluding hydrogens is 395 g/mol. The van der Waals surface area contributed by atoms with Gasteiger partial charge in [0.05, 0.1) is 16.0 Å². The van der Waals surface area contributed by atoms with E-state index in [1.165, 1.54) is 23.1 Å². The second kappa shape index (κ2) is 8.23. The minimum Gasteiger partial charge on any atom is -0.301 e. The van der Waals surface area contributed by atoms with Crippen molar-refractivity contribution in [1.82, 2.24) is 4.98 Å². The molecule has 3 aromatic rings. The topological polar surface area (TPSA) is 42.0 Å². The number of carbonyl (C=O) groups excluding carboxylic acids is 1. The van der Waals surface area contributed by atoms with Gasteiger partial charge in [-0.15, -0.1) is 23.1 Å². The van der Waals surface area contributed by atoms with Crippen molar-refractivity contribution in [2.45, 2.75) is 17.1 Å². The number of nitrogens with one attached hydrogen (secondary N) is 1. The van der Waals surface area contributed by atoms with Crippen molar-refractivity contribution in [1.29, 1.82) is 0 Å². The molecule has 0 aliphatic heterocycles. The van der Waals surface area contributed by atoms with Crippen molar-refractivity contribution in [2.75, 3.05) is 5.32 Å². The molecule has 0 aliphatic carbocycles. The first-order valence-corrected chi connectivity index (χ1v) is 9.98. The summed E-state index contributed by atoms with van der Waals surface area (Å²) in [6.07, 6.45) is 0. The van der Waals surface area contributed by atoms with Gasteiger partial charge in [0.25, 0.3) is 0 Å². The molecule has 7 heteroatoms. The van der Waals surface area contributed by atoms with Gasteiger partial charge in [0.1, 0.15) is 0 Å². The van der Waals surface area contributed by atoms with Gasteiger partial charge in [-0.25, -0.2) is 4.98 Å². The number of thioether (sulfide) groups is 1. The standard InChI is InChI=1S/C18H14Cl2N2OS2/c1-11(25-13-5-3-2-4-6-13)17(23)22-18-21-16(10-24-18)14-8-7-12(19)9-15(14)20/h2-11H,1H3,(H,21,22,23). The number of thiazole rings is 1. The Balaban J connectivity index is 1.67. The van der Waals surface area contributed by atoms with E-state index in [1.54, 1.807) is 12.1 Å². The summed E-state index contributed by atoms with van der Waals surface area (Å²) in [4.78, 5) is 17.9. The number of hydrogen-bond donors (Lipinski definition) is 1. The van der Waals surface area contributed by atoms with Crippen LogP contribution in [0.1, 0.15) is 6.92 Å². The van der Waals surface area contributed by atoms with E-state index in [4.69, 9.17) is 23.2 Å². The Bertz CT molecular complexity index is 884. The van der Waals surface area contributed by atoms with Gasteiger partial charge >= 0.3 is 0 Å². The van der Waals surface area contributed by atoms with Gasteiger partial charge in [-0.3, -0.25) is 4.79 Å². The van der Waals surface area contributed by atoms with E-state index in [-0.39, 0.29) is 11.2 Å². The van der Waals surface area contributed by atoms with E-state index >= 15 is 0 Å². The van der Waals surface area contributed by atoms with Crippen molar-refractivity contribution in [3.05, 3.63) is 64.0 Å². The molecule has 0 saturated heterocycles. The quantitative estimate of drug-likeness (QED) is 0.508. The van der Waals surface area contributed by atoms with Gasteiger partial charge in [0, 0.05) is 20.9 Å². The number of halogens is 2. The highest BCUT2D eigenvalue weighted by Gasteiger charge is 2.16. The van der Waals surface area contributed by atoms with E-state index in [0.29, 0.717) is 20.9 Å². The van der Waals surface area contributed by atoms with Crippen LogP contribution in [-0.4, -0.2) is 16.1 Å². The van der Waals surface area contributed by atoms with E-state index in [1.807, 2.05) is 48.7 Å². The van der Waals surface area contributed by atoms with Crippen molar-refractivity contribution in [2.24, 2.45) is 0 Å². The molecule has 25 heavy (non-hydrogen) atoms. The Labute approximate surface area is 164 Å². The lowest BCUT2D eigenvalue weighted by molar-refractivity contribution is -0.115. The first kappa shape index (κ1) is 18.3. The summed E-state index contributed by atoms with van der Waals surface area (Å²) in [6, 6.07) is 15.1. The zero-order valence-corrected chi connectivity index (χ0v) is 16.3. The highest BCUT2D eigenvalue weighted by Crippen LogP contribution is 2.32. The van der Waals surface area contributed by atoms with E-state index in [0.717, 1.165) is 10.5 Å². The van der Waals surface area contributed by atoms with Crippen molar-refractivity contribution in [3.8, 4) is 11.3 Å². The molecule has 128 valence electrons. The van der Waals surface area contributed by atoms with Crippen LogP contribution in [0.5, 0.6) is 0 Å². The summed E-state index contributed by atoms with van der Waals surface area (Å²) < 4.78 is 0. The van der Waals surface area contributed by atoms with Crippen molar-refractivity contribution >= 4 is 57.3 Å². The molecule has 1 amide bonds. The predicted octanol–water partition coefficient (Wildman–Crippen LogP) is 6.24. The molecule has 0 bridgehead atoms. The fraction of sp³-hybridized carbons (Fsp3) is 0.111. The van der Waals surface area contributed by atoms with E-state index in [2.05, 4.69) is 10.3 Å². The molecule has 1 unspecified atom stereocenters. The molecule has 0 spiro atoms. The Kier molecular flexibility index (Phi) is 6.02. The maximum Gasteiger partial charge on any atom is 0.239 e. The maximum absolute atomic E-state index is 12.4. The smallest absolute Gasteiger partial charge is 0.239 e. The van der Waals surface area contributed by atoms with Crippen LogP contribution in [0.25, 0.3) is 11.3 Å². The van der Waals surface area contributed by atoms with Crippen molar-refractivity contribution in [3.63, 3.8) is 0 Å². The van der Waals surface area contributed by atoms with Crippen LogP contribution in [0.4, 0.5) is 5.13 Å². The lowest BCUT2D eigenvalue weighted by Crippen LogP contribution is -2.22. The number of aromatic nitrogens is 1. The molecule has 1 aromatic heterocycles. The molecule has 3 rings (SSSR count). The Morgan fingerprint density at radius 2 is 1.96 bits per heavy atom. The molecular formula is C18H14Cl2N2OS2. The first-order chi connectivity index (χ1) is 12.0. The lowest BCUT2D eigenvalue weighted by atomic mass is 10.2. The minimum absolute atomic E-state index is 0.0862. The second-order valence-corrected chi connectivity index (χ2v) is 8.34. The van der Waals surface area contributed by atoms with Crippen LogP contribution in [0.3, 0.4) is 0 Å². The SMILES string of the molecule is CC(Sc1ccccc1)C(=O)Nc1nc(-c2ccc(Cl)cc2Cl)cs1. The molecule has 1 atom stereocenters. The predicted molar refractivity (Wildman–Crippen MR) is 108 cm³/mol. The molecule has 0 saturated carbocycles. The fourth-order valence-corrected chi connectivity index (χ4v) is 4.22. The number of amides is 1. The summed E-state index contributed by atoms with van der Waals surface area (Å²) in [5.41, 5.74) is 1.50. The average Bonchev–Trinajstić information content (AvgIpc) is 3.04. The van der Waals surface area contributed by atoms with Crippen LogP contribution >= 0.6 is 46.3 Å². The van der Waals surface area contributed by atoms with Crippen LogP contribution in [-0.2, 0) is 4.79 Å². The van der Waals surface area contributed by atoms with Crippen LogP contribution in [0.15, 0.2) is 58.8 Å². The normalized spacial score (nSPS) is 12.0. The van der Waals surface area contributed by atoms with E-state index < -0.39 is 0 Å². The lowest BCUT2D eigenvalue weighted by Gasteiger charge is -2.10. The number of hydrogen-bond acceptors (Lipinski definition) is 4. The number of benzene rings is 2. The third-order valence-electron chi connectivity index (χ3n) is 3.37. The highest BCUT2D eigenvalue weighted by molar-refractivity contribution is 8.00. The molecule has 1 heterocycles. The van der Waals surface area contributed by atoms with Crippen molar-refractivity contribution < 1.29 is 4.79 Å². The number of carbonyl (C=O) groups is 1. The zero-order chi connectivity index (χ0) is 17.8. The zero-order valence-electron chi connectivity index (χ0n) is 13.2. The monoisotopic (exact) mass is 408 g/mol. The number of rotatable bonds is 5. The molecule has 0 fully saturated rings. The summed E-state index contributed by atoms with van der Waals surface area (Å²) >= 11 is 15.0. The largest absolute Gasteiger partial charge is 0.301 e. The summed E-state index contributed by atoms with van der Waals surface area (Å²) in [5.74, 6) is -0.0862. The Hall–Kier alpha value is -1.53. The van der Waals surface area contributed by atoms with Gasteiger partial charge in [-0.1, -0.05) is 41.4 Å². The molecule has 2 aromatic carbocycles.